The second-order valence-electron chi connectivity index (χ2n) is 7.64. The summed E-state index contributed by atoms with van der Waals surface area (Å²) in [5.41, 5.74) is 1.25. The van der Waals surface area contributed by atoms with Gasteiger partial charge in [0.1, 0.15) is 11.1 Å². The lowest BCUT2D eigenvalue weighted by Crippen LogP contribution is -2.45. The summed E-state index contributed by atoms with van der Waals surface area (Å²) in [5.74, 6) is -0.675. The van der Waals surface area contributed by atoms with Crippen LogP contribution in [0.2, 0.25) is 0 Å². The Hall–Kier alpha value is -1.94. The first-order valence-corrected chi connectivity index (χ1v) is 12.8. The van der Waals surface area contributed by atoms with E-state index in [2.05, 4.69) is 39.8 Å². The minimum atomic E-state index is -0.572. The van der Waals surface area contributed by atoms with Crippen molar-refractivity contribution in [2.75, 3.05) is 11.9 Å². The SMILES string of the molecule is CCCCCCCN1C(=O)CC(C(=O)Nc2ccc(I)cc2)SC1=Nc1ccc(F)cc1. The van der Waals surface area contributed by atoms with Crippen LogP contribution in [-0.4, -0.2) is 33.7 Å². The molecule has 170 valence electrons. The van der Waals surface area contributed by atoms with Gasteiger partial charge in [-0.1, -0.05) is 44.4 Å². The lowest BCUT2D eigenvalue weighted by molar-refractivity contribution is -0.129. The molecule has 1 aliphatic heterocycles. The Bertz CT molecular complexity index is 951. The molecule has 1 saturated heterocycles. The Morgan fingerprint density at radius 1 is 1.12 bits per heavy atom. The normalized spacial score (nSPS) is 17.6. The number of halogens is 2. The van der Waals surface area contributed by atoms with Crippen molar-refractivity contribution in [2.45, 2.75) is 50.7 Å². The third-order valence-corrected chi connectivity index (χ3v) is 6.99. The number of nitrogens with zero attached hydrogens (tertiary/aromatic N) is 2. The van der Waals surface area contributed by atoms with Crippen LogP contribution in [0.5, 0.6) is 0 Å². The first-order valence-electron chi connectivity index (χ1n) is 10.8. The van der Waals surface area contributed by atoms with E-state index in [1.165, 1.54) is 30.3 Å². The quantitative estimate of drug-likeness (QED) is 0.283. The molecule has 0 bridgehead atoms. The Labute approximate surface area is 206 Å². The molecule has 2 amide bonds. The van der Waals surface area contributed by atoms with Gasteiger partial charge in [0.05, 0.1) is 5.69 Å². The van der Waals surface area contributed by atoms with Crippen molar-refractivity contribution >= 4 is 62.7 Å². The number of hydrogen-bond acceptors (Lipinski definition) is 4. The number of nitrogens with one attached hydrogen (secondary N) is 1. The molecule has 1 heterocycles. The number of aliphatic imine (C=N–C) groups is 1. The molecule has 1 N–H and O–H groups in total. The van der Waals surface area contributed by atoms with E-state index in [9.17, 15) is 14.0 Å². The summed E-state index contributed by atoms with van der Waals surface area (Å²) >= 11 is 3.49. The van der Waals surface area contributed by atoms with Crippen LogP contribution in [-0.2, 0) is 9.59 Å². The van der Waals surface area contributed by atoms with Crippen LogP contribution in [0.15, 0.2) is 53.5 Å². The van der Waals surface area contributed by atoms with Gasteiger partial charge < -0.3 is 5.32 Å². The molecule has 1 unspecified atom stereocenters. The van der Waals surface area contributed by atoms with Crippen LogP contribution < -0.4 is 5.32 Å². The second-order valence-corrected chi connectivity index (χ2v) is 10.1. The van der Waals surface area contributed by atoms with Crippen LogP contribution in [0.3, 0.4) is 0 Å². The molecule has 32 heavy (non-hydrogen) atoms. The summed E-state index contributed by atoms with van der Waals surface area (Å²) in [6, 6.07) is 13.3. The largest absolute Gasteiger partial charge is 0.325 e. The van der Waals surface area contributed by atoms with Gasteiger partial charge in [-0.2, -0.15) is 0 Å². The minimum Gasteiger partial charge on any atom is -0.325 e. The number of carbonyl (C=O) groups is 2. The molecule has 0 radical (unpaired) electrons. The molecule has 0 spiro atoms. The number of anilines is 1. The average Bonchev–Trinajstić information content (AvgIpc) is 2.78. The van der Waals surface area contributed by atoms with Crippen LogP contribution in [0.4, 0.5) is 15.8 Å². The van der Waals surface area contributed by atoms with Crippen molar-refractivity contribution in [2.24, 2.45) is 4.99 Å². The summed E-state index contributed by atoms with van der Waals surface area (Å²) in [5, 5.41) is 2.81. The Kier molecular flexibility index (Phi) is 9.52. The molecule has 0 saturated carbocycles. The van der Waals surface area contributed by atoms with E-state index in [0.29, 0.717) is 23.1 Å². The summed E-state index contributed by atoms with van der Waals surface area (Å²) in [6.07, 6.45) is 5.53. The van der Waals surface area contributed by atoms with E-state index in [-0.39, 0.29) is 24.1 Å². The fourth-order valence-electron chi connectivity index (χ4n) is 3.32. The molecule has 3 rings (SSSR count). The van der Waals surface area contributed by atoms with E-state index in [1.54, 1.807) is 17.0 Å². The maximum absolute atomic E-state index is 13.3. The van der Waals surface area contributed by atoms with Crippen LogP contribution >= 0.6 is 34.4 Å². The summed E-state index contributed by atoms with van der Waals surface area (Å²) in [4.78, 5) is 32.1. The zero-order valence-electron chi connectivity index (χ0n) is 18.0. The Balaban J connectivity index is 1.74. The lowest BCUT2D eigenvalue weighted by atomic mass is 10.1. The number of benzene rings is 2. The standard InChI is InChI=1S/C24H27FIN3O2S/c1-2-3-4-5-6-15-29-22(30)16-21(23(31)27-19-13-9-18(26)10-14-19)32-24(29)28-20-11-7-17(25)8-12-20/h7-14,21H,2-6,15-16H2,1H3,(H,27,31). The topological polar surface area (TPSA) is 61.8 Å². The van der Waals surface area contributed by atoms with Gasteiger partial charge in [-0.15, -0.1) is 0 Å². The molecule has 0 aromatic heterocycles. The molecule has 1 aliphatic rings. The molecular formula is C24H27FIN3O2S. The number of unbranched alkanes of at least 4 members (excludes halogenated alkanes) is 4. The average molecular weight is 567 g/mol. The fraction of sp³-hybridized carbons (Fsp3) is 0.375. The van der Waals surface area contributed by atoms with Crippen molar-refractivity contribution < 1.29 is 14.0 Å². The first kappa shape index (κ1) is 24.7. The van der Waals surface area contributed by atoms with Crippen molar-refractivity contribution in [1.82, 2.24) is 4.90 Å². The van der Waals surface area contributed by atoms with Crippen molar-refractivity contribution in [3.05, 3.63) is 57.9 Å². The molecule has 0 aliphatic carbocycles. The van der Waals surface area contributed by atoms with Crippen molar-refractivity contribution in [1.29, 1.82) is 0 Å². The van der Waals surface area contributed by atoms with Gasteiger partial charge in [0.25, 0.3) is 0 Å². The maximum atomic E-state index is 13.3. The predicted octanol–water partition coefficient (Wildman–Crippen LogP) is 6.36. The van der Waals surface area contributed by atoms with E-state index in [0.717, 1.165) is 29.3 Å². The molecule has 1 atom stereocenters. The molecule has 1 fully saturated rings. The van der Waals surface area contributed by atoms with Crippen LogP contribution in [0, 0.1) is 9.39 Å². The lowest BCUT2D eigenvalue weighted by Gasteiger charge is -2.31. The third-order valence-electron chi connectivity index (χ3n) is 5.08. The summed E-state index contributed by atoms with van der Waals surface area (Å²) in [6.45, 7) is 2.74. The first-order chi connectivity index (χ1) is 15.5. The summed E-state index contributed by atoms with van der Waals surface area (Å²) in [7, 11) is 0. The van der Waals surface area contributed by atoms with Gasteiger partial charge >= 0.3 is 0 Å². The van der Waals surface area contributed by atoms with Crippen molar-refractivity contribution in [3.63, 3.8) is 0 Å². The van der Waals surface area contributed by atoms with Crippen LogP contribution in [0.25, 0.3) is 0 Å². The minimum absolute atomic E-state index is 0.108. The zero-order chi connectivity index (χ0) is 22.9. The number of rotatable bonds is 9. The monoisotopic (exact) mass is 567 g/mol. The Morgan fingerprint density at radius 3 is 2.50 bits per heavy atom. The smallest absolute Gasteiger partial charge is 0.238 e. The number of hydrogen-bond donors (Lipinski definition) is 1. The van der Waals surface area contributed by atoms with Crippen molar-refractivity contribution in [3.8, 4) is 0 Å². The fourth-order valence-corrected chi connectivity index (χ4v) is 4.80. The Morgan fingerprint density at radius 2 is 1.81 bits per heavy atom. The number of thioether (sulfide) groups is 1. The summed E-state index contributed by atoms with van der Waals surface area (Å²) < 4.78 is 14.4. The van der Waals surface area contributed by atoms with E-state index in [4.69, 9.17) is 0 Å². The highest BCUT2D eigenvalue weighted by atomic mass is 127. The highest BCUT2D eigenvalue weighted by Crippen LogP contribution is 2.30. The molecule has 2 aromatic carbocycles. The van der Waals surface area contributed by atoms with Gasteiger partial charge in [0, 0.05) is 22.2 Å². The van der Waals surface area contributed by atoms with Crippen LogP contribution in [0.1, 0.15) is 45.4 Å². The zero-order valence-corrected chi connectivity index (χ0v) is 21.0. The van der Waals surface area contributed by atoms with E-state index >= 15 is 0 Å². The van der Waals surface area contributed by atoms with E-state index < -0.39 is 5.25 Å². The van der Waals surface area contributed by atoms with Gasteiger partial charge in [-0.25, -0.2) is 9.38 Å². The molecule has 8 heteroatoms. The number of amidine groups is 1. The van der Waals surface area contributed by atoms with Gasteiger partial charge in [-0.3, -0.25) is 14.5 Å². The molecular weight excluding hydrogens is 540 g/mol. The van der Waals surface area contributed by atoms with E-state index in [1.807, 2.05) is 24.3 Å². The maximum Gasteiger partial charge on any atom is 0.238 e. The molecule has 2 aromatic rings. The highest BCUT2D eigenvalue weighted by Gasteiger charge is 2.35. The number of carbonyl (C=O) groups excluding carboxylic acids is 2. The highest BCUT2D eigenvalue weighted by molar-refractivity contribution is 14.1. The molecule has 5 nitrogen and oxygen atoms in total. The predicted molar refractivity (Wildman–Crippen MR) is 138 cm³/mol. The number of amides is 2. The van der Waals surface area contributed by atoms with Gasteiger partial charge in [-0.05, 0) is 77.5 Å². The third kappa shape index (κ3) is 7.30. The second kappa shape index (κ2) is 12.3. The van der Waals surface area contributed by atoms with Gasteiger partial charge in [0.2, 0.25) is 11.8 Å². The van der Waals surface area contributed by atoms with Gasteiger partial charge in [0.15, 0.2) is 5.17 Å².